The summed E-state index contributed by atoms with van der Waals surface area (Å²) in [6.45, 7) is 4.58. The van der Waals surface area contributed by atoms with Gasteiger partial charge in [-0.2, -0.15) is 0 Å². The van der Waals surface area contributed by atoms with Crippen LogP contribution in [0, 0.1) is 0 Å². The molecule has 0 spiro atoms. The zero-order chi connectivity index (χ0) is 34.6. The van der Waals surface area contributed by atoms with E-state index in [1.54, 1.807) is 0 Å². The van der Waals surface area contributed by atoms with Crippen molar-refractivity contribution in [1.82, 2.24) is 0 Å². The number of carbonyl (C=O) groups is 4. The van der Waals surface area contributed by atoms with Crippen LogP contribution in [0.1, 0.15) is 187 Å². The van der Waals surface area contributed by atoms with Gasteiger partial charge in [0.1, 0.15) is 6.61 Å². The molecule has 9 nitrogen and oxygen atoms in total. The van der Waals surface area contributed by atoms with E-state index >= 15 is 0 Å². The molecule has 0 aromatic heterocycles. The zero-order valence-corrected chi connectivity index (χ0v) is 30.5. The first kappa shape index (κ1) is 44.8. The van der Waals surface area contributed by atoms with E-state index in [1.807, 2.05) is 0 Å². The summed E-state index contributed by atoms with van der Waals surface area (Å²) in [5.41, 5.74) is 0. The highest BCUT2D eigenvalue weighted by Crippen LogP contribution is 2.14. The van der Waals surface area contributed by atoms with Crippen molar-refractivity contribution in [1.29, 1.82) is 0 Å². The number of esters is 4. The maximum atomic E-state index is 12.5. The largest absolute Gasteiger partial charge is 0.463 e. The Morgan fingerprint density at radius 1 is 0.404 bits per heavy atom. The summed E-state index contributed by atoms with van der Waals surface area (Å²) in [6.07, 6.45) is 25.4. The van der Waals surface area contributed by atoms with Crippen LogP contribution in [0.4, 0.5) is 0 Å². The second-order valence-electron chi connectivity index (χ2n) is 12.7. The molecule has 1 unspecified atom stereocenters. The Kier molecular flexibility index (Phi) is 33.5. The lowest BCUT2D eigenvalue weighted by Gasteiger charge is -2.18. The fourth-order valence-electron chi connectivity index (χ4n) is 5.29. The molecule has 0 heterocycles. The molecule has 0 aliphatic rings. The fourth-order valence-corrected chi connectivity index (χ4v) is 5.29. The molecule has 0 radical (unpaired) electrons. The highest BCUT2D eigenvalue weighted by atomic mass is 16.7. The standard InChI is InChI=1S/C38H70O9/c1-4-6-8-10-12-14-16-18-20-22-24-27-35(40)45-33-38(47-37(42)30-26-29-34(39)44-32-31-43-3)46-36(41)28-25-23-21-19-17-15-13-11-9-7-5-2/h38H,4-33H2,1-3H3. The summed E-state index contributed by atoms with van der Waals surface area (Å²) < 4.78 is 25.9. The molecule has 0 saturated carbocycles. The highest BCUT2D eigenvalue weighted by Gasteiger charge is 2.21. The quantitative estimate of drug-likeness (QED) is 0.0281. The number of unbranched alkanes of at least 4 members (excludes halogenated alkanes) is 20. The minimum absolute atomic E-state index is 0.0517. The van der Waals surface area contributed by atoms with Crippen molar-refractivity contribution in [2.45, 2.75) is 193 Å². The van der Waals surface area contributed by atoms with E-state index in [0.717, 1.165) is 38.5 Å². The topological polar surface area (TPSA) is 114 Å². The second kappa shape index (κ2) is 35.2. The van der Waals surface area contributed by atoms with Gasteiger partial charge in [-0.1, -0.05) is 142 Å². The van der Waals surface area contributed by atoms with Crippen LogP contribution in [-0.4, -0.2) is 57.1 Å². The normalized spacial score (nSPS) is 11.6. The Bertz CT molecular complexity index is 755. The van der Waals surface area contributed by atoms with Crippen molar-refractivity contribution in [3.8, 4) is 0 Å². The molecule has 276 valence electrons. The molecule has 0 rings (SSSR count). The van der Waals surface area contributed by atoms with Crippen molar-refractivity contribution in [3.63, 3.8) is 0 Å². The maximum absolute atomic E-state index is 12.5. The third kappa shape index (κ3) is 33.5. The molecule has 1 atom stereocenters. The van der Waals surface area contributed by atoms with Gasteiger partial charge in [0.15, 0.2) is 6.61 Å². The first-order valence-corrected chi connectivity index (χ1v) is 19.1. The Labute approximate surface area is 286 Å². The summed E-state index contributed by atoms with van der Waals surface area (Å²) in [4.78, 5) is 49.1. The van der Waals surface area contributed by atoms with E-state index in [9.17, 15) is 19.2 Å². The van der Waals surface area contributed by atoms with E-state index in [0.29, 0.717) is 13.0 Å². The first-order valence-electron chi connectivity index (χ1n) is 19.1. The number of ether oxygens (including phenoxy) is 5. The summed E-state index contributed by atoms with van der Waals surface area (Å²) in [5.74, 6) is -1.95. The Morgan fingerprint density at radius 3 is 1.17 bits per heavy atom. The molecule has 0 aliphatic heterocycles. The predicted molar refractivity (Wildman–Crippen MR) is 186 cm³/mol. The van der Waals surface area contributed by atoms with E-state index in [4.69, 9.17) is 23.7 Å². The summed E-state index contributed by atoms with van der Waals surface area (Å²) >= 11 is 0. The molecule has 0 saturated heterocycles. The van der Waals surface area contributed by atoms with E-state index < -0.39 is 30.2 Å². The molecular formula is C38H70O9. The van der Waals surface area contributed by atoms with Crippen molar-refractivity contribution >= 4 is 23.9 Å². The van der Waals surface area contributed by atoms with Gasteiger partial charge < -0.3 is 23.7 Å². The molecule has 9 heteroatoms. The fraction of sp³-hybridized carbons (Fsp3) is 0.895. The minimum atomic E-state index is -1.31. The van der Waals surface area contributed by atoms with Crippen molar-refractivity contribution in [3.05, 3.63) is 0 Å². The number of hydrogen-bond donors (Lipinski definition) is 0. The summed E-state index contributed by atoms with van der Waals surface area (Å²) in [6, 6.07) is 0. The molecule has 0 bridgehead atoms. The Morgan fingerprint density at radius 2 is 0.745 bits per heavy atom. The molecule has 0 fully saturated rings. The van der Waals surface area contributed by atoms with Crippen LogP contribution in [-0.2, 0) is 42.9 Å². The molecular weight excluding hydrogens is 600 g/mol. The first-order chi connectivity index (χ1) is 22.9. The van der Waals surface area contributed by atoms with Crippen LogP contribution >= 0.6 is 0 Å². The third-order valence-corrected chi connectivity index (χ3v) is 8.19. The molecule has 0 aromatic rings. The van der Waals surface area contributed by atoms with Crippen LogP contribution in [0.5, 0.6) is 0 Å². The van der Waals surface area contributed by atoms with Crippen LogP contribution in [0.25, 0.3) is 0 Å². The van der Waals surface area contributed by atoms with Crippen LogP contribution < -0.4 is 0 Å². The van der Waals surface area contributed by atoms with Crippen LogP contribution in [0.3, 0.4) is 0 Å². The Balaban J connectivity index is 4.40. The van der Waals surface area contributed by atoms with Crippen molar-refractivity contribution in [2.75, 3.05) is 26.9 Å². The van der Waals surface area contributed by atoms with Gasteiger partial charge in [-0.05, 0) is 19.3 Å². The highest BCUT2D eigenvalue weighted by molar-refractivity contribution is 5.73. The summed E-state index contributed by atoms with van der Waals surface area (Å²) in [7, 11) is 1.51. The van der Waals surface area contributed by atoms with Gasteiger partial charge in [0, 0.05) is 32.8 Å². The smallest absolute Gasteiger partial charge is 0.309 e. The Hall–Kier alpha value is -2.16. The van der Waals surface area contributed by atoms with Gasteiger partial charge in [-0.15, -0.1) is 0 Å². The predicted octanol–water partition coefficient (Wildman–Crippen LogP) is 9.70. The van der Waals surface area contributed by atoms with Crippen molar-refractivity contribution < 1.29 is 42.9 Å². The SMILES string of the molecule is CCCCCCCCCCCCCC(=O)OCC(OC(=O)CCCCCCCCCCCCC)OC(=O)CCCC(=O)OCCOC. The molecule has 0 aliphatic carbocycles. The molecule has 0 aromatic carbocycles. The maximum Gasteiger partial charge on any atom is 0.309 e. The molecule has 0 amide bonds. The minimum Gasteiger partial charge on any atom is -0.463 e. The van der Waals surface area contributed by atoms with Crippen LogP contribution in [0.15, 0.2) is 0 Å². The van der Waals surface area contributed by atoms with Gasteiger partial charge in [0.05, 0.1) is 6.61 Å². The van der Waals surface area contributed by atoms with Gasteiger partial charge >= 0.3 is 23.9 Å². The van der Waals surface area contributed by atoms with Crippen LogP contribution in [0.2, 0.25) is 0 Å². The average Bonchev–Trinajstić information content (AvgIpc) is 3.05. The van der Waals surface area contributed by atoms with E-state index in [1.165, 1.54) is 103 Å². The lowest BCUT2D eigenvalue weighted by atomic mass is 10.1. The second-order valence-corrected chi connectivity index (χ2v) is 12.7. The number of hydrogen-bond acceptors (Lipinski definition) is 9. The lowest BCUT2D eigenvalue weighted by Crippen LogP contribution is -2.30. The van der Waals surface area contributed by atoms with Gasteiger partial charge in [-0.3, -0.25) is 19.2 Å². The molecule has 0 N–H and O–H groups in total. The number of carbonyl (C=O) groups excluding carboxylic acids is 4. The van der Waals surface area contributed by atoms with E-state index in [2.05, 4.69) is 13.8 Å². The summed E-state index contributed by atoms with van der Waals surface area (Å²) in [5, 5.41) is 0. The number of rotatable bonds is 35. The third-order valence-electron chi connectivity index (χ3n) is 8.19. The average molecular weight is 671 g/mol. The van der Waals surface area contributed by atoms with Gasteiger partial charge in [0.2, 0.25) is 0 Å². The monoisotopic (exact) mass is 671 g/mol. The zero-order valence-electron chi connectivity index (χ0n) is 30.5. The van der Waals surface area contributed by atoms with Gasteiger partial charge in [-0.25, -0.2) is 0 Å². The van der Waals surface area contributed by atoms with Gasteiger partial charge in [0.25, 0.3) is 6.29 Å². The number of methoxy groups -OCH3 is 1. The molecule has 47 heavy (non-hydrogen) atoms. The van der Waals surface area contributed by atoms with Crippen molar-refractivity contribution in [2.24, 2.45) is 0 Å². The van der Waals surface area contributed by atoms with E-state index in [-0.39, 0.29) is 45.3 Å². The lowest BCUT2D eigenvalue weighted by molar-refractivity contribution is -0.200.